The fraction of sp³-hybridized carbons (Fsp3) is 0.692. The van der Waals surface area contributed by atoms with Crippen LogP contribution in [0.2, 0.25) is 0 Å². The lowest BCUT2D eigenvalue weighted by molar-refractivity contribution is -0.148. The van der Waals surface area contributed by atoms with Gasteiger partial charge in [-0.2, -0.15) is 0 Å². The van der Waals surface area contributed by atoms with Crippen LogP contribution in [0.1, 0.15) is 59.8 Å². The standard InChI is InChI=1S/C26H39N3O6/c1-6-9-21(24(32)34-7-2)27-23(31)20-10-8-15-29(18-20)22(30)12-11-19-13-16-28(17-14-19)25(33)35-26(3,4)5/h1,11-12,19-21H,7-10,13-18H2,2-5H3,(H,27,31)/b12-11-/t20-,21+/m1/s1. The van der Waals surface area contributed by atoms with E-state index in [1.807, 2.05) is 26.8 Å². The van der Waals surface area contributed by atoms with Crippen LogP contribution in [-0.2, 0) is 23.9 Å². The molecule has 2 rings (SSSR count). The Hall–Kier alpha value is -3.02. The molecule has 3 amide bonds. The smallest absolute Gasteiger partial charge is 0.410 e. The molecule has 2 aliphatic heterocycles. The maximum atomic E-state index is 12.8. The molecule has 0 saturated carbocycles. The monoisotopic (exact) mass is 489 g/mol. The molecule has 0 aliphatic carbocycles. The quantitative estimate of drug-likeness (QED) is 0.335. The van der Waals surface area contributed by atoms with Gasteiger partial charge in [0.25, 0.3) is 0 Å². The third-order valence-corrected chi connectivity index (χ3v) is 6.02. The summed E-state index contributed by atoms with van der Waals surface area (Å²) < 4.78 is 10.4. The van der Waals surface area contributed by atoms with Gasteiger partial charge in [0.2, 0.25) is 11.8 Å². The maximum Gasteiger partial charge on any atom is 0.410 e. The molecule has 2 aliphatic rings. The number of hydrogen-bond donors (Lipinski definition) is 1. The first kappa shape index (κ1) is 28.2. The normalized spacial score (nSPS) is 20.1. The van der Waals surface area contributed by atoms with Crippen LogP contribution in [-0.4, -0.2) is 78.1 Å². The van der Waals surface area contributed by atoms with E-state index in [1.165, 1.54) is 0 Å². The van der Waals surface area contributed by atoms with Crippen molar-refractivity contribution >= 4 is 23.9 Å². The van der Waals surface area contributed by atoms with Crippen LogP contribution in [0.3, 0.4) is 0 Å². The number of nitrogens with one attached hydrogen (secondary N) is 1. The van der Waals surface area contributed by atoms with Crippen LogP contribution >= 0.6 is 0 Å². The number of allylic oxidation sites excluding steroid dienone is 1. The number of hydrogen-bond acceptors (Lipinski definition) is 6. The topological polar surface area (TPSA) is 105 Å². The van der Waals surface area contributed by atoms with E-state index in [-0.39, 0.29) is 43.4 Å². The molecule has 0 radical (unpaired) electrons. The van der Waals surface area contributed by atoms with Crippen LogP contribution < -0.4 is 5.32 Å². The molecule has 0 spiro atoms. The van der Waals surface area contributed by atoms with Crippen LogP contribution in [0.15, 0.2) is 12.2 Å². The minimum Gasteiger partial charge on any atom is -0.464 e. The van der Waals surface area contributed by atoms with Crippen molar-refractivity contribution in [2.24, 2.45) is 11.8 Å². The number of carbonyl (C=O) groups excluding carboxylic acids is 4. The molecule has 194 valence electrons. The van der Waals surface area contributed by atoms with Crippen molar-refractivity contribution in [3.8, 4) is 12.3 Å². The van der Waals surface area contributed by atoms with E-state index in [9.17, 15) is 19.2 Å². The highest BCUT2D eigenvalue weighted by molar-refractivity contribution is 5.89. The molecule has 0 unspecified atom stereocenters. The molecule has 9 nitrogen and oxygen atoms in total. The number of amides is 3. The van der Waals surface area contributed by atoms with Crippen LogP contribution in [0.5, 0.6) is 0 Å². The minimum atomic E-state index is -0.884. The molecular weight excluding hydrogens is 450 g/mol. The summed E-state index contributed by atoms with van der Waals surface area (Å²) in [7, 11) is 0. The molecule has 2 saturated heterocycles. The summed E-state index contributed by atoms with van der Waals surface area (Å²) in [6.07, 6.45) is 11.4. The number of carbonyl (C=O) groups is 4. The average molecular weight is 490 g/mol. The highest BCUT2D eigenvalue weighted by Crippen LogP contribution is 2.22. The van der Waals surface area contributed by atoms with Crippen LogP contribution in [0.25, 0.3) is 0 Å². The Bertz CT molecular complexity index is 833. The molecule has 0 aromatic heterocycles. The fourth-order valence-corrected chi connectivity index (χ4v) is 4.16. The second-order valence-electron chi connectivity index (χ2n) is 10.0. The van der Waals surface area contributed by atoms with Crippen molar-refractivity contribution < 1.29 is 28.7 Å². The van der Waals surface area contributed by atoms with Crippen molar-refractivity contribution in [2.45, 2.75) is 71.4 Å². The Balaban J connectivity index is 1.84. The third kappa shape index (κ3) is 9.27. The Labute approximate surface area is 208 Å². The van der Waals surface area contributed by atoms with E-state index in [0.29, 0.717) is 32.5 Å². The first-order valence-corrected chi connectivity index (χ1v) is 12.4. The zero-order valence-electron chi connectivity index (χ0n) is 21.4. The Morgan fingerprint density at radius 2 is 1.80 bits per heavy atom. The Morgan fingerprint density at radius 3 is 2.40 bits per heavy atom. The van der Waals surface area contributed by atoms with E-state index in [2.05, 4.69) is 11.2 Å². The van der Waals surface area contributed by atoms with Crippen molar-refractivity contribution in [1.82, 2.24) is 15.1 Å². The van der Waals surface area contributed by atoms with Gasteiger partial charge in [0.05, 0.1) is 12.5 Å². The van der Waals surface area contributed by atoms with Gasteiger partial charge in [-0.3, -0.25) is 9.59 Å². The molecule has 0 aromatic carbocycles. The predicted octanol–water partition coefficient (Wildman–Crippen LogP) is 2.50. The second kappa shape index (κ2) is 13.2. The number of ether oxygens (including phenoxy) is 2. The molecule has 2 heterocycles. The maximum absolute atomic E-state index is 12.8. The molecule has 0 aromatic rings. The van der Waals surface area contributed by atoms with Gasteiger partial charge >= 0.3 is 12.1 Å². The van der Waals surface area contributed by atoms with Crippen molar-refractivity contribution in [3.05, 3.63) is 12.2 Å². The van der Waals surface area contributed by atoms with Gasteiger partial charge in [0, 0.05) is 32.6 Å². The van der Waals surface area contributed by atoms with E-state index in [4.69, 9.17) is 15.9 Å². The third-order valence-electron chi connectivity index (χ3n) is 6.02. The summed E-state index contributed by atoms with van der Waals surface area (Å²) in [5.41, 5.74) is -0.523. The molecule has 2 atom stereocenters. The second-order valence-corrected chi connectivity index (χ2v) is 10.0. The SMILES string of the molecule is C#CC[C@H](NC(=O)[C@@H]1CCCN(C(=O)/C=C\C2CCN(C(=O)OC(C)(C)C)CC2)C1)C(=O)OCC. The number of terminal acetylenes is 1. The molecule has 35 heavy (non-hydrogen) atoms. The Morgan fingerprint density at radius 1 is 1.11 bits per heavy atom. The van der Waals surface area contributed by atoms with Gasteiger partial charge in [-0.15, -0.1) is 12.3 Å². The largest absolute Gasteiger partial charge is 0.464 e. The lowest BCUT2D eigenvalue weighted by Crippen LogP contribution is -2.49. The van der Waals surface area contributed by atoms with Gasteiger partial charge in [-0.25, -0.2) is 9.59 Å². The molecular formula is C26H39N3O6. The van der Waals surface area contributed by atoms with Crippen molar-refractivity contribution in [3.63, 3.8) is 0 Å². The van der Waals surface area contributed by atoms with E-state index in [0.717, 1.165) is 12.8 Å². The zero-order valence-corrected chi connectivity index (χ0v) is 21.4. The molecule has 9 heteroatoms. The van der Waals surface area contributed by atoms with E-state index < -0.39 is 23.5 Å². The van der Waals surface area contributed by atoms with Gasteiger partial charge in [-0.05, 0) is 65.4 Å². The highest BCUT2D eigenvalue weighted by Gasteiger charge is 2.31. The predicted molar refractivity (Wildman–Crippen MR) is 131 cm³/mol. The Kier molecular flexibility index (Phi) is 10.6. The number of esters is 1. The minimum absolute atomic E-state index is 0.0510. The van der Waals surface area contributed by atoms with Gasteiger partial charge in [-0.1, -0.05) is 6.08 Å². The highest BCUT2D eigenvalue weighted by atomic mass is 16.6. The lowest BCUT2D eigenvalue weighted by Gasteiger charge is -2.33. The molecule has 0 bridgehead atoms. The zero-order chi connectivity index (χ0) is 26.0. The number of piperidine rings is 2. The van der Waals surface area contributed by atoms with Crippen molar-refractivity contribution in [2.75, 3.05) is 32.8 Å². The van der Waals surface area contributed by atoms with Gasteiger partial charge in [0.1, 0.15) is 11.6 Å². The summed E-state index contributed by atoms with van der Waals surface area (Å²) in [5, 5.41) is 2.69. The van der Waals surface area contributed by atoms with E-state index >= 15 is 0 Å². The molecule has 1 N–H and O–H groups in total. The van der Waals surface area contributed by atoms with Crippen LogP contribution in [0.4, 0.5) is 4.79 Å². The first-order chi connectivity index (χ1) is 16.5. The van der Waals surface area contributed by atoms with Gasteiger partial charge < -0.3 is 24.6 Å². The molecule has 2 fully saturated rings. The lowest BCUT2D eigenvalue weighted by atomic mass is 9.95. The summed E-state index contributed by atoms with van der Waals surface area (Å²) >= 11 is 0. The van der Waals surface area contributed by atoms with E-state index in [1.54, 1.807) is 22.8 Å². The van der Waals surface area contributed by atoms with Crippen molar-refractivity contribution in [1.29, 1.82) is 0 Å². The summed E-state index contributed by atoms with van der Waals surface area (Å²) in [4.78, 5) is 53.2. The summed E-state index contributed by atoms with van der Waals surface area (Å²) in [6, 6.07) is -0.884. The summed E-state index contributed by atoms with van der Waals surface area (Å²) in [5.74, 6) is 1.20. The number of nitrogens with zero attached hydrogens (tertiary/aromatic N) is 2. The average Bonchev–Trinajstić information content (AvgIpc) is 2.81. The number of rotatable bonds is 7. The van der Waals surface area contributed by atoms with Gasteiger partial charge in [0.15, 0.2) is 0 Å². The summed E-state index contributed by atoms with van der Waals surface area (Å²) in [6.45, 7) is 9.47. The fourth-order valence-electron chi connectivity index (χ4n) is 4.16. The first-order valence-electron chi connectivity index (χ1n) is 12.4. The van der Waals surface area contributed by atoms with Crippen LogP contribution in [0, 0.1) is 24.2 Å². The number of likely N-dealkylation sites (tertiary alicyclic amines) is 2.